The van der Waals surface area contributed by atoms with Crippen LogP contribution in [-0.2, 0) is 10.0 Å². The first-order valence-electron chi connectivity index (χ1n) is 6.92. The first kappa shape index (κ1) is 17.1. The van der Waals surface area contributed by atoms with Gasteiger partial charge < -0.3 is 5.11 Å². The van der Waals surface area contributed by atoms with Crippen LogP contribution in [0.5, 0.6) is 0 Å². The molecule has 0 aliphatic rings. The molecule has 1 aromatic heterocycles. The quantitative estimate of drug-likeness (QED) is 0.895. The minimum absolute atomic E-state index is 0.0936. The van der Waals surface area contributed by atoms with Gasteiger partial charge in [-0.3, -0.25) is 4.98 Å². The first-order chi connectivity index (χ1) is 10.6. The van der Waals surface area contributed by atoms with E-state index in [2.05, 4.69) is 9.71 Å². The van der Waals surface area contributed by atoms with E-state index in [0.29, 0.717) is 11.3 Å². The predicted molar refractivity (Wildman–Crippen MR) is 86.7 cm³/mol. The van der Waals surface area contributed by atoms with E-state index in [9.17, 15) is 13.2 Å². The van der Waals surface area contributed by atoms with E-state index in [4.69, 9.17) is 5.11 Å². The molecule has 0 saturated carbocycles. The third kappa shape index (κ3) is 4.37. The average Bonchev–Trinajstić information content (AvgIpc) is 2.45. The van der Waals surface area contributed by atoms with E-state index in [1.165, 1.54) is 30.5 Å². The number of rotatable bonds is 4. The van der Waals surface area contributed by atoms with Gasteiger partial charge in [-0.25, -0.2) is 17.9 Å². The highest BCUT2D eigenvalue weighted by molar-refractivity contribution is 7.89. The molecule has 2 rings (SSSR count). The molecular formula is C16H18N2O4S. The van der Waals surface area contributed by atoms with Crippen molar-refractivity contribution in [2.75, 3.05) is 0 Å². The highest BCUT2D eigenvalue weighted by atomic mass is 32.2. The molecule has 2 N–H and O–H groups in total. The molecule has 0 spiro atoms. The maximum Gasteiger partial charge on any atom is 0.335 e. The zero-order chi connectivity index (χ0) is 17.3. The summed E-state index contributed by atoms with van der Waals surface area (Å²) in [5.74, 6) is -1.06. The Morgan fingerprint density at radius 1 is 1.17 bits per heavy atom. The third-order valence-corrected chi connectivity index (χ3v) is 4.64. The van der Waals surface area contributed by atoms with Crippen molar-refractivity contribution in [2.24, 2.45) is 0 Å². The van der Waals surface area contributed by atoms with E-state index in [0.717, 1.165) is 0 Å². The van der Waals surface area contributed by atoms with Crippen LogP contribution in [0.3, 0.4) is 0 Å². The summed E-state index contributed by atoms with van der Waals surface area (Å²) < 4.78 is 27.3. The summed E-state index contributed by atoms with van der Waals surface area (Å²) in [6, 6.07) is 9.03. The number of benzene rings is 1. The van der Waals surface area contributed by atoms with Gasteiger partial charge in [0.2, 0.25) is 10.0 Å². The molecular weight excluding hydrogens is 316 g/mol. The van der Waals surface area contributed by atoms with Crippen molar-refractivity contribution in [3.05, 3.63) is 48.2 Å². The smallest absolute Gasteiger partial charge is 0.335 e. The van der Waals surface area contributed by atoms with Crippen LogP contribution in [-0.4, -0.2) is 30.0 Å². The maximum atomic E-state index is 12.4. The molecule has 23 heavy (non-hydrogen) atoms. The predicted octanol–water partition coefficient (Wildman–Crippen LogP) is 2.52. The van der Waals surface area contributed by atoms with E-state index in [1.807, 2.05) is 0 Å². The molecule has 122 valence electrons. The molecule has 6 nitrogen and oxygen atoms in total. The molecule has 0 amide bonds. The number of nitrogens with zero attached hydrogens (tertiary/aromatic N) is 1. The lowest BCUT2D eigenvalue weighted by Gasteiger charge is -2.20. The van der Waals surface area contributed by atoms with Gasteiger partial charge in [-0.2, -0.15) is 0 Å². The van der Waals surface area contributed by atoms with Crippen molar-refractivity contribution >= 4 is 16.0 Å². The number of nitrogens with one attached hydrogen (secondary N) is 1. The Morgan fingerprint density at radius 3 is 2.48 bits per heavy atom. The fourth-order valence-electron chi connectivity index (χ4n) is 2.01. The monoisotopic (exact) mass is 334 g/mol. The molecule has 7 heteroatoms. The highest BCUT2D eigenvalue weighted by Gasteiger charge is 2.22. The zero-order valence-corrected chi connectivity index (χ0v) is 13.9. The fraction of sp³-hybridized carbons (Fsp3) is 0.250. The molecule has 0 bridgehead atoms. The number of pyridine rings is 1. The molecule has 0 atom stereocenters. The number of carboxylic acids is 1. The van der Waals surface area contributed by atoms with Gasteiger partial charge in [-0.1, -0.05) is 12.1 Å². The summed E-state index contributed by atoms with van der Waals surface area (Å²) in [4.78, 5) is 15.2. The Morgan fingerprint density at radius 2 is 1.87 bits per heavy atom. The number of sulfonamides is 1. The van der Waals surface area contributed by atoms with Crippen LogP contribution < -0.4 is 4.72 Å². The second-order valence-electron chi connectivity index (χ2n) is 6.12. The standard InChI is InChI=1S/C16H18N2O4S/c1-16(2,3)18-23(21,22)13-6-4-5-11(9-13)14-10-12(15(19)20)7-8-17-14/h4-10,18H,1-3H3,(H,19,20). The number of hydrogen-bond acceptors (Lipinski definition) is 4. The van der Waals surface area contributed by atoms with Gasteiger partial charge in [0.15, 0.2) is 0 Å². The van der Waals surface area contributed by atoms with E-state index in [-0.39, 0.29) is 10.5 Å². The molecule has 0 radical (unpaired) electrons. The number of carbonyl (C=O) groups is 1. The van der Waals surface area contributed by atoms with Crippen LogP contribution in [0.2, 0.25) is 0 Å². The van der Waals surface area contributed by atoms with Crippen LogP contribution in [0.15, 0.2) is 47.5 Å². The summed E-state index contributed by atoms with van der Waals surface area (Å²) in [6.07, 6.45) is 1.38. The lowest BCUT2D eigenvalue weighted by molar-refractivity contribution is 0.0696. The van der Waals surface area contributed by atoms with E-state index < -0.39 is 21.5 Å². The molecule has 1 aromatic carbocycles. The molecule has 2 aromatic rings. The summed E-state index contributed by atoms with van der Waals surface area (Å²) in [5, 5.41) is 9.03. The second-order valence-corrected chi connectivity index (χ2v) is 7.80. The Balaban J connectivity index is 2.45. The number of aromatic nitrogens is 1. The van der Waals surface area contributed by atoms with Gasteiger partial charge in [-0.05, 0) is 45.0 Å². The SMILES string of the molecule is CC(C)(C)NS(=O)(=O)c1cccc(-c2cc(C(=O)O)ccn2)c1. The molecule has 0 saturated heterocycles. The van der Waals surface area contributed by atoms with Gasteiger partial charge in [0.25, 0.3) is 0 Å². The minimum atomic E-state index is -3.67. The number of carboxylic acid groups (broad SMARTS) is 1. The zero-order valence-electron chi connectivity index (χ0n) is 13.1. The maximum absolute atomic E-state index is 12.4. The van der Waals surface area contributed by atoms with Crippen LogP contribution >= 0.6 is 0 Å². The Kier molecular flexibility index (Phi) is 4.53. The molecule has 1 heterocycles. The summed E-state index contributed by atoms with van der Waals surface area (Å²) in [6.45, 7) is 5.27. The van der Waals surface area contributed by atoms with Crippen molar-refractivity contribution in [3.63, 3.8) is 0 Å². The topological polar surface area (TPSA) is 96.4 Å². The fourth-order valence-corrected chi connectivity index (χ4v) is 3.47. The van der Waals surface area contributed by atoms with Gasteiger partial charge >= 0.3 is 5.97 Å². The number of aromatic carboxylic acids is 1. The van der Waals surface area contributed by atoms with Crippen molar-refractivity contribution in [2.45, 2.75) is 31.2 Å². The Bertz CT molecular complexity index is 839. The number of hydrogen-bond donors (Lipinski definition) is 2. The first-order valence-corrected chi connectivity index (χ1v) is 8.41. The Hall–Kier alpha value is -2.25. The molecule has 0 aliphatic heterocycles. The third-order valence-electron chi connectivity index (χ3n) is 2.89. The van der Waals surface area contributed by atoms with Crippen LogP contribution in [0, 0.1) is 0 Å². The molecule has 0 aliphatic carbocycles. The van der Waals surface area contributed by atoms with Crippen molar-refractivity contribution in [1.82, 2.24) is 9.71 Å². The summed E-state index contributed by atoms with van der Waals surface area (Å²) in [7, 11) is -3.67. The minimum Gasteiger partial charge on any atom is -0.478 e. The average molecular weight is 334 g/mol. The van der Waals surface area contributed by atoms with Crippen LogP contribution in [0.25, 0.3) is 11.3 Å². The van der Waals surface area contributed by atoms with E-state index in [1.54, 1.807) is 32.9 Å². The molecule has 0 fully saturated rings. The van der Waals surface area contributed by atoms with Gasteiger partial charge in [0.1, 0.15) is 0 Å². The normalized spacial score (nSPS) is 12.1. The van der Waals surface area contributed by atoms with Crippen LogP contribution in [0.1, 0.15) is 31.1 Å². The lowest BCUT2D eigenvalue weighted by Crippen LogP contribution is -2.40. The largest absolute Gasteiger partial charge is 0.478 e. The van der Waals surface area contributed by atoms with Crippen molar-refractivity contribution in [3.8, 4) is 11.3 Å². The summed E-state index contributed by atoms with van der Waals surface area (Å²) in [5.41, 5.74) is 0.426. The highest BCUT2D eigenvalue weighted by Crippen LogP contribution is 2.22. The second kappa shape index (κ2) is 6.10. The van der Waals surface area contributed by atoms with Crippen LogP contribution in [0.4, 0.5) is 0 Å². The van der Waals surface area contributed by atoms with Gasteiger partial charge in [-0.15, -0.1) is 0 Å². The van der Waals surface area contributed by atoms with E-state index >= 15 is 0 Å². The molecule has 0 unspecified atom stereocenters. The van der Waals surface area contributed by atoms with Crippen molar-refractivity contribution in [1.29, 1.82) is 0 Å². The summed E-state index contributed by atoms with van der Waals surface area (Å²) >= 11 is 0. The van der Waals surface area contributed by atoms with Gasteiger partial charge in [0.05, 0.1) is 16.2 Å². The van der Waals surface area contributed by atoms with Gasteiger partial charge in [0, 0.05) is 17.3 Å². The Labute approximate surface area is 135 Å². The lowest BCUT2D eigenvalue weighted by atomic mass is 10.1. The van der Waals surface area contributed by atoms with Crippen molar-refractivity contribution < 1.29 is 18.3 Å².